The lowest BCUT2D eigenvalue weighted by Crippen LogP contribution is -2.03. The molecule has 0 aliphatic rings. The molecule has 0 bridgehead atoms. The largest absolute Gasteiger partial charge is 0.436 e. The first-order chi connectivity index (χ1) is 29.2. The van der Waals surface area contributed by atoms with Gasteiger partial charge in [0.1, 0.15) is 16.8 Å². The van der Waals surface area contributed by atoms with Crippen molar-refractivity contribution >= 4 is 87.4 Å². The third-order valence-corrected chi connectivity index (χ3v) is 12.1. The normalized spacial score (nSPS) is 12.1. The molecule has 0 saturated heterocycles. The molecule has 0 N–H and O–H groups in total. The minimum absolute atomic E-state index is 0.500. The van der Waals surface area contributed by atoms with Crippen LogP contribution in [0.3, 0.4) is 0 Å². The van der Waals surface area contributed by atoms with Crippen molar-refractivity contribution < 1.29 is 4.42 Å². The first-order valence-electron chi connectivity index (χ1n) is 20.0. The fourth-order valence-corrected chi connectivity index (χ4v) is 9.31. The quantitative estimate of drug-likeness (QED) is 0.180. The van der Waals surface area contributed by atoms with Crippen molar-refractivity contribution in [3.8, 4) is 33.9 Å². The Bertz CT molecular complexity index is 3740. The number of rotatable bonds is 4. The van der Waals surface area contributed by atoms with Crippen molar-refractivity contribution in [1.82, 2.24) is 19.1 Å². The van der Waals surface area contributed by atoms with E-state index in [0.717, 1.165) is 88.2 Å². The summed E-state index contributed by atoms with van der Waals surface area (Å²) in [6.45, 7) is 0. The Morgan fingerprint density at radius 3 is 1.63 bits per heavy atom. The van der Waals surface area contributed by atoms with Crippen LogP contribution in [-0.2, 0) is 0 Å². The van der Waals surface area contributed by atoms with E-state index in [1.54, 1.807) is 0 Å². The number of nitrogens with zero attached hydrogens (tertiary/aromatic N) is 4. The molecule has 0 atom stereocenters. The Morgan fingerprint density at radius 2 is 0.915 bits per heavy atom. The maximum atomic E-state index is 6.70. The van der Waals surface area contributed by atoms with Crippen LogP contribution in [0.4, 0.5) is 0 Å². The molecular formula is C54H32N4O. The molecule has 0 fully saturated rings. The van der Waals surface area contributed by atoms with Crippen LogP contribution in [0.1, 0.15) is 0 Å². The van der Waals surface area contributed by atoms with E-state index in [1.165, 1.54) is 21.5 Å². The van der Waals surface area contributed by atoms with Gasteiger partial charge < -0.3 is 8.98 Å². The Hall–Kier alpha value is -8.02. The van der Waals surface area contributed by atoms with E-state index in [9.17, 15) is 0 Å². The Labute approximate surface area is 337 Å². The summed E-state index contributed by atoms with van der Waals surface area (Å²) in [6.07, 6.45) is 0. The maximum Gasteiger partial charge on any atom is 0.248 e. The fraction of sp³-hybridized carbons (Fsp3) is 0. The lowest BCUT2D eigenvalue weighted by atomic mass is 10.0. The van der Waals surface area contributed by atoms with Gasteiger partial charge in [0.2, 0.25) is 5.71 Å². The number of furan rings is 1. The molecule has 0 radical (unpaired) electrons. The fourth-order valence-electron chi connectivity index (χ4n) is 9.31. The number of aromatic nitrogens is 4. The van der Waals surface area contributed by atoms with Gasteiger partial charge in [0.25, 0.3) is 0 Å². The third kappa shape index (κ3) is 4.79. The summed E-state index contributed by atoms with van der Waals surface area (Å²) in [5.41, 5.74) is 11.4. The van der Waals surface area contributed by atoms with E-state index in [-0.39, 0.29) is 0 Å². The molecule has 13 aromatic rings. The van der Waals surface area contributed by atoms with Crippen LogP contribution in [0.15, 0.2) is 199 Å². The topological polar surface area (TPSA) is 48.8 Å². The summed E-state index contributed by atoms with van der Waals surface area (Å²) < 4.78 is 11.4. The van der Waals surface area contributed by atoms with E-state index in [0.29, 0.717) is 11.5 Å². The van der Waals surface area contributed by atoms with E-state index in [2.05, 4.69) is 197 Å². The number of para-hydroxylation sites is 2. The van der Waals surface area contributed by atoms with Gasteiger partial charge in [-0.05, 0) is 93.3 Å². The monoisotopic (exact) mass is 752 g/mol. The first kappa shape index (κ1) is 32.1. The van der Waals surface area contributed by atoms with Gasteiger partial charge in [-0.2, -0.15) is 4.98 Å². The highest BCUT2D eigenvalue weighted by Crippen LogP contribution is 2.42. The van der Waals surface area contributed by atoms with Crippen molar-refractivity contribution in [1.29, 1.82) is 0 Å². The van der Waals surface area contributed by atoms with Crippen molar-refractivity contribution in [2.45, 2.75) is 0 Å². The van der Waals surface area contributed by atoms with Gasteiger partial charge in [-0.25, -0.2) is 4.98 Å². The average molecular weight is 753 g/mol. The lowest BCUT2D eigenvalue weighted by Gasteiger charge is -2.14. The number of hydrogen-bond acceptors (Lipinski definition) is 3. The SMILES string of the molecule is c1ccc(-c2ccc3c(c2)oc2nc(-n4c5cc6ccccc6cc5c5cc6ccccc6cc54)c(-c4ccc5c6ccccc6n(-c6ccccc6)c5c4)nc23)cc1. The van der Waals surface area contributed by atoms with Crippen LogP contribution in [0.25, 0.3) is 121 Å². The standard InChI is InChI=1S/C54H32N4O/c1-3-13-33(14-4-1)38-23-26-43-50(32-38)59-54-52(43)55-51(39-24-25-42-41-21-11-12-22-46(41)57(47(42)31-39)40-19-5-2-6-20-40)53(56-54)58-48-29-36-17-9-7-15-34(36)27-44(48)45-28-35-16-8-10-18-37(35)30-49(45)58/h1-32H. The Kier molecular flexibility index (Phi) is 6.66. The molecule has 9 aromatic carbocycles. The zero-order chi connectivity index (χ0) is 38.6. The number of hydrogen-bond donors (Lipinski definition) is 0. The molecule has 4 heterocycles. The zero-order valence-corrected chi connectivity index (χ0v) is 31.7. The predicted molar refractivity (Wildman–Crippen MR) is 244 cm³/mol. The summed E-state index contributed by atoms with van der Waals surface area (Å²) in [5.74, 6) is 0.715. The van der Waals surface area contributed by atoms with Gasteiger partial charge in [-0.1, -0.05) is 133 Å². The summed E-state index contributed by atoms with van der Waals surface area (Å²) in [4.78, 5) is 11.1. The van der Waals surface area contributed by atoms with E-state index in [1.807, 2.05) is 6.07 Å². The zero-order valence-electron chi connectivity index (χ0n) is 31.7. The molecule has 4 aromatic heterocycles. The van der Waals surface area contributed by atoms with Gasteiger partial charge in [0.15, 0.2) is 5.82 Å². The second-order valence-electron chi connectivity index (χ2n) is 15.4. The molecule has 0 saturated carbocycles. The van der Waals surface area contributed by atoms with Gasteiger partial charge in [0.05, 0.1) is 22.1 Å². The van der Waals surface area contributed by atoms with Gasteiger partial charge in [0, 0.05) is 38.2 Å². The van der Waals surface area contributed by atoms with Gasteiger partial charge >= 0.3 is 0 Å². The van der Waals surface area contributed by atoms with Crippen LogP contribution >= 0.6 is 0 Å². The molecule has 0 aliphatic heterocycles. The summed E-state index contributed by atoms with van der Waals surface area (Å²) in [7, 11) is 0. The van der Waals surface area contributed by atoms with E-state index >= 15 is 0 Å². The highest BCUT2D eigenvalue weighted by atomic mass is 16.3. The molecule has 0 amide bonds. The van der Waals surface area contributed by atoms with E-state index < -0.39 is 0 Å². The molecule has 59 heavy (non-hydrogen) atoms. The molecule has 274 valence electrons. The number of fused-ring (bicyclic) bond motifs is 11. The molecule has 13 rings (SSSR count). The minimum atomic E-state index is 0.500. The molecule has 0 spiro atoms. The second-order valence-corrected chi connectivity index (χ2v) is 15.4. The summed E-state index contributed by atoms with van der Waals surface area (Å²) in [5, 5.41) is 10.4. The summed E-state index contributed by atoms with van der Waals surface area (Å²) >= 11 is 0. The van der Waals surface area contributed by atoms with Crippen LogP contribution in [0.5, 0.6) is 0 Å². The Morgan fingerprint density at radius 1 is 0.356 bits per heavy atom. The van der Waals surface area contributed by atoms with Crippen molar-refractivity contribution in [3.05, 3.63) is 194 Å². The van der Waals surface area contributed by atoms with Gasteiger partial charge in [-0.15, -0.1) is 0 Å². The molecule has 5 heteroatoms. The first-order valence-corrected chi connectivity index (χ1v) is 20.0. The van der Waals surface area contributed by atoms with Crippen LogP contribution in [0.2, 0.25) is 0 Å². The predicted octanol–water partition coefficient (Wildman–Crippen LogP) is 14.2. The highest BCUT2D eigenvalue weighted by Gasteiger charge is 2.24. The second kappa shape index (κ2) is 12.2. The third-order valence-electron chi connectivity index (χ3n) is 12.1. The van der Waals surface area contributed by atoms with Crippen LogP contribution < -0.4 is 0 Å². The molecule has 5 nitrogen and oxygen atoms in total. The van der Waals surface area contributed by atoms with Crippen LogP contribution in [0, 0.1) is 0 Å². The highest BCUT2D eigenvalue weighted by molar-refractivity contribution is 6.17. The molecular weight excluding hydrogens is 721 g/mol. The Balaban J connectivity index is 1.16. The molecule has 0 aliphatic carbocycles. The van der Waals surface area contributed by atoms with Gasteiger partial charge in [-0.3, -0.25) is 4.57 Å². The van der Waals surface area contributed by atoms with Crippen molar-refractivity contribution in [2.24, 2.45) is 0 Å². The van der Waals surface area contributed by atoms with Crippen molar-refractivity contribution in [3.63, 3.8) is 0 Å². The average Bonchev–Trinajstić information content (AvgIpc) is 3.93. The summed E-state index contributed by atoms with van der Waals surface area (Å²) in [6, 6.07) is 69.2. The molecule has 0 unspecified atom stereocenters. The number of benzene rings is 9. The van der Waals surface area contributed by atoms with E-state index in [4.69, 9.17) is 14.4 Å². The minimum Gasteiger partial charge on any atom is -0.436 e. The maximum absolute atomic E-state index is 6.70. The van der Waals surface area contributed by atoms with Crippen molar-refractivity contribution in [2.75, 3.05) is 0 Å². The lowest BCUT2D eigenvalue weighted by molar-refractivity contribution is 0.652. The van der Waals surface area contributed by atoms with Crippen LogP contribution in [-0.4, -0.2) is 19.1 Å². The smallest absolute Gasteiger partial charge is 0.248 e.